The zero-order chi connectivity index (χ0) is 8.27. The maximum atomic E-state index is 9.28. The molecule has 0 aliphatic heterocycles. The third-order valence-electron chi connectivity index (χ3n) is 3.19. The summed E-state index contributed by atoms with van der Waals surface area (Å²) in [4.78, 5) is 0. The van der Waals surface area contributed by atoms with E-state index in [0.29, 0.717) is 0 Å². The molecule has 0 radical (unpaired) electrons. The van der Waals surface area contributed by atoms with Crippen LogP contribution in [0.4, 0.5) is 0 Å². The van der Waals surface area contributed by atoms with Crippen LogP contribution in [0.5, 0.6) is 0 Å². The lowest BCUT2D eigenvalue weighted by Gasteiger charge is -2.29. The first-order valence-electron chi connectivity index (χ1n) is 4.92. The van der Waals surface area contributed by atoms with Gasteiger partial charge in [-0.05, 0) is 37.5 Å². The second kappa shape index (κ2) is 4.10. The Hall–Kier alpha value is -0.0400. The number of aliphatic hydroxyl groups excluding tert-OH is 1. The SMILES string of the molecule is CCC(C)C1CCC(O)CC1. The second-order valence-corrected chi connectivity index (χ2v) is 3.95. The van der Waals surface area contributed by atoms with E-state index in [9.17, 15) is 5.11 Å². The van der Waals surface area contributed by atoms with Crippen molar-refractivity contribution in [1.82, 2.24) is 0 Å². The predicted molar refractivity (Wildman–Crippen MR) is 47.4 cm³/mol. The van der Waals surface area contributed by atoms with Crippen LogP contribution in [-0.2, 0) is 0 Å². The van der Waals surface area contributed by atoms with Crippen LogP contribution in [0.25, 0.3) is 0 Å². The lowest BCUT2D eigenvalue weighted by Crippen LogP contribution is -2.22. The van der Waals surface area contributed by atoms with Crippen LogP contribution in [0.3, 0.4) is 0 Å². The maximum Gasteiger partial charge on any atom is 0.0540 e. The molecule has 1 nitrogen and oxygen atoms in total. The Labute approximate surface area is 69.8 Å². The molecule has 1 aliphatic carbocycles. The molecule has 0 aromatic rings. The Morgan fingerprint density at radius 2 is 1.82 bits per heavy atom. The van der Waals surface area contributed by atoms with Crippen LogP contribution in [0.1, 0.15) is 46.0 Å². The van der Waals surface area contributed by atoms with Gasteiger partial charge in [0.1, 0.15) is 0 Å². The number of hydrogen-bond donors (Lipinski definition) is 1. The number of rotatable bonds is 2. The molecule has 11 heavy (non-hydrogen) atoms. The van der Waals surface area contributed by atoms with Gasteiger partial charge in [-0.25, -0.2) is 0 Å². The minimum atomic E-state index is 0.00954. The van der Waals surface area contributed by atoms with Gasteiger partial charge in [0, 0.05) is 0 Å². The second-order valence-electron chi connectivity index (χ2n) is 3.95. The fraction of sp³-hybridized carbons (Fsp3) is 1.00. The van der Waals surface area contributed by atoms with Gasteiger partial charge in [0.2, 0.25) is 0 Å². The molecule has 0 saturated heterocycles. The summed E-state index contributed by atoms with van der Waals surface area (Å²) in [5.41, 5.74) is 0. The van der Waals surface area contributed by atoms with Gasteiger partial charge >= 0.3 is 0 Å². The van der Waals surface area contributed by atoms with Gasteiger partial charge in [-0.1, -0.05) is 20.3 Å². The summed E-state index contributed by atoms with van der Waals surface area (Å²) in [5, 5.41) is 9.28. The minimum Gasteiger partial charge on any atom is -0.393 e. The summed E-state index contributed by atoms with van der Waals surface area (Å²) in [6.07, 6.45) is 5.87. The van der Waals surface area contributed by atoms with Crippen molar-refractivity contribution in [2.45, 2.75) is 52.1 Å². The molecule has 0 bridgehead atoms. The first kappa shape index (κ1) is 9.05. The van der Waals surface area contributed by atoms with Gasteiger partial charge in [0.05, 0.1) is 6.10 Å². The summed E-state index contributed by atoms with van der Waals surface area (Å²) in [7, 11) is 0. The fourth-order valence-electron chi connectivity index (χ4n) is 2.00. The van der Waals surface area contributed by atoms with E-state index in [2.05, 4.69) is 13.8 Å². The third-order valence-corrected chi connectivity index (χ3v) is 3.19. The van der Waals surface area contributed by atoms with Gasteiger partial charge in [-0.2, -0.15) is 0 Å². The highest BCUT2D eigenvalue weighted by Crippen LogP contribution is 2.31. The minimum absolute atomic E-state index is 0.00954. The van der Waals surface area contributed by atoms with Gasteiger partial charge in [0.25, 0.3) is 0 Å². The van der Waals surface area contributed by atoms with Gasteiger partial charge < -0.3 is 5.11 Å². The van der Waals surface area contributed by atoms with E-state index in [1.165, 1.54) is 19.3 Å². The van der Waals surface area contributed by atoms with Crippen molar-refractivity contribution in [3.63, 3.8) is 0 Å². The highest BCUT2D eigenvalue weighted by molar-refractivity contribution is 4.74. The summed E-state index contributed by atoms with van der Waals surface area (Å²) >= 11 is 0. The maximum absolute atomic E-state index is 9.28. The first-order valence-corrected chi connectivity index (χ1v) is 4.92. The highest BCUT2D eigenvalue weighted by Gasteiger charge is 2.22. The predicted octanol–water partition coefficient (Wildman–Crippen LogP) is 2.58. The Morgan fingerprint density at radius 3 is 2.27 bits per heavy atom. The van der Waals surface area contributed by atoms with Crippen LogP contribution < -0.4 is 0 Å². The zero-order valence-electron chi connectivity index (χ0n) is 7.71. The standard InChI is InChI=1S/C10H20O/c1-3-8(2)9-4-6-10(11)7-5-9/h8-11H,3-7H2,1-2H3. The normalized spacial score (nSPS) is 35.2. The van der Waals surface area contributed by atoms with Crippen molar-refractivity contribution in [3.05, 3.63) is 0 Å². The van der Waals surface area contributed by atoms with Crippen molar-refractivity contribution in [1.29, 1.82) is 0 Å². The molecule has 0 aromatic carbocycles. The van der Waals surface area contributed by atoms with Crippen LogP contribution >= 0.6 is 0 Å². The molecule has 1 atom stereocenters. The molecule has 1 unspecified atom stereocenters. The Kier molecular flexibility index (Phi) is 3.38. The van der Waals surface area contributed by atoms with Gasteiger partial charge in [-0.3, -0.25) is 0 Å². The molecule has 1 saturated carbocycles. The molecule has 0 spiro atoms. The Balaban J connectivity index is 2.27. The van der Waals surface area contributed by atoms with Gasteiger partial charge in [-0.15, -0.1) is 0 Å². The number of hydrogen-bond acceptors (Lipinski definition) is 1. The summed E-state index contributed by atoms with van der Waals surface area (Å²) in [5.74, 6) is 1.76. The summed E-state index contributed by atoms with van der Waals surface area (Å²) < 4.78 is 0. The average molecular weight is 156 g/mol. The quantitative estimate of drug-likeness (QED) is 0.651. The molecule has 1 aliphatic rings. The van der Waals surface area contributed by atoms with Crippen LogP contribution in [0.2, 0.25) is 0 Å². The Morgan fingerprint density at radius 1 is 1.27 bits per heavy atom. The lowest BCUT2D eigenvalue weighted by atomic mass is 9.79. The van der Waals surface area contributed by atoms with E-state index in [1.54, 1.807) is 0 Å². The summed E-state index contributed by atoms with van der Waals surface area (Å²) in [6.45, 7) is 4.60. The molecule has 0 amide bonds. The van der Waals surface area contributed by atoms with E-state index in [1.807, 2.05) is 0 Å². The van der Waals surface area contributed by atoms with Crippen molar-refractivity contribution < 1.29 is 5.11 Å². The summed E-state index contributed by atoms with van der Waals surface area (Å²) in [6, 6.07) is 0. The van der Waals surface area contributed by atoms with E-state index >= 15 is 0 Å². The fourth-order valence-corrected chi connectivity index (χ4v) is 2.00. The largest absolute Gasteiger partial charge is 0.393 e. The molecule has 1 fully saturated rings. The number of aliphatic hydroxyl groups is 1. The van der Waals surface area contributed by atoms with Crippen LogP contribution in [0, 0.1) is 11.8 Å². The van der Waals surface area contributed by atoms with Crippen LogP contribution in [0.15, 0.2) is 0 Å². The monoisotopic (exact) mass is 156 g/mol. The molecular formula is C10H20O. The smallest absolute Gasteiger partial charge is 0.0540 e. The molecular weight excluding hydrogens is 136 g/mol. The van der Waals surface area contributed by atoms with Crippen molar-refractivity contribution in [2.75, 3.05) is 0 Å². The average Bonchev–Trinajstić information content (AvgIpc) is 2.05. The molecule has 1 rings (SSSR count). The van der Waals surface area contributed by atoms with Gasteiger partial charge in [0.15, 0.2) is 0 Å². The van der Waals surface area contributed by atoms with E-state index in [0.717, 1.165) is 24.7 Å². The molecule has 0 heterocycles. The molecule has 1 N–H and O–H groups in total. The Bertz CT molecular complexity index is 103. The first-order chi connectivity index (χ1) is 5.24. The van der Waals surface area contributed by atoms with Crippen LogP contribution in [-0.4, -0.2) is 11.2 Å². The molecule has 1 heteroatoms. The lowest BCUT2D eigenvalue weighted by molar-refractivity contribution is 0.0930. The van der Waals surface area contributed by atoms with E-state index in [-0.39, 0.29) is 6.10 Å². The third kappa shape index (κ3) is 2.48. The van der Waals surface area contributed by atoms with E-state index in [4.69, 9.17) is 0 Å². The van der Waals surface area contributed by atoms with E-state index < -0.39 is 0 Å². The highest BCUT2D eigenvalue weighted by atomic mass is 16.3. The molecule has 0 aromatic heterocycles. The van der Waals surface area contributed by atoms with Crippen molar-refractivity contribution >= 4 is 0 Å². The molecule has 66 valence electrons. The zero-order valence-corrected chi connectivity index (χ0v) is 7.71. The topological polar surface area (TPSA) is 20.2 Å². The van der Waals surface area contributed by atoms with Crippen molar-refractivity contribution in [3.8, 4) is 0 Å². The van der Waals surface area contributed by atoms with Crippen molar-refractivity contribution in [2.24, 2.45) is 11.8 Å².